The molecule has 0 aliphatic carbocycles. The molecular weight excluding hydrogens is 200 g/mol. The predicted octanol–water partition coefficient (Wildman–Crippen LogP) is 1.90. The average molecular weight is 209 g/mol. The van der Waals surface area contributed by atoms with Gasteiger partial charge in [0, 0.05) is 12.1 Å². The highest BCUT2D eigenvalue weighted by Crippen LogP contribution is 2.14. The number of hydrogen-bond acceptors (Lipinski definition) is 2. The summed E-state index contributed by atoms with van der Waals surface area (Å²) < 4.78 is 1.52. The molecule has 0 bridgehead atoms. The molecule has 2 rings (SSSR count). The van der Waals surface area contributed by atoms with Crippen molar-refractivity contribution in [3.63, 3.8) is 0 Å². The summed E-state index contributed by atoms with van der Waals surface area (Å²) in [6.45, 7) is 1.79. The fourth-order valence-electron chi connectivity index (χ4n) is 1.36. The molecule has 72 valence electrons. The Morgan fingerprint density at radius 1 is 1.43 bits per heavy atom. The van der Waals surface area contributed by atoms with E-state index in [9.17, 15) is 4.79 Å². The zero-order chi connectivity index (χ0) is 10.3. The van der Waals surface area contributed by atoms with Crippen LogP contribution in [0.1, 0.15) is 5.82 Å². The van der Waals surface area contributed by atoms with E-state index in [1.54, 1.807) is 32.2 Å². The lowest BCUT2D eigenvalue weighted by Gasteiger charge is -2.04. The molecule has 1 aromatic carbocycles. The Kier molecular flexibility index (Phi) is 2.04. The zero-order valence-electron chi connectivity index (χ0n) is 7.91. The Morgan fingerprint density at radius 2 is 2.14 bits per heavy atom. The second-order valence-electron chi connectivity index (χ2n) is 3.18. The Labute approximate surface area is 86.0 Å². The molecule has 4 heteroatoms. The molecular formula is C10H9ClN2O. The second kappa shape index (κ2) is 3.10. The van der Waals surface area contributed by atoms with Crippen LogP contribution in [0.15, 0.2) is 23.0 Å². The lowest BCUT2D eigenvalue weighted by Crippen LogP contribution is -2.20. The minimum Gasteiger partial charge on any atom is -0.299 e. The number of aryl methyl sites for hydroxylation is 1. The molecule has 0 fully saturated rings. The van der Waals surface area contributed by atoms with Crippen LogP contribution >= 0.6 is 11.6 Å². The normalized spacial score (nSPS) is 10.8. The van der Waals surface area contributed by atoms with Crippen molar-refractivity contribution in [2.75, 3.05) is 0 Å². The number of fused-ring (bicyclic) bond motifs is 1. The van der Waals surface area contributed by atoms with Gasteiger partial charge in [-0.15, -0.1) is 0 Å². The van der Waals surface area contributed by atoms with Gasteiger partial charge < -0.3 is 0 Å². The Hall–Kier alpha value is -1.35. The fourth-order valence-corrected chi connectivity index (χ4v) is 1.52. The van der Waals surface area contributed by atoms with E-state index in [2.05, 4.69) is 4.98 Å². The van der Waals surface area contributed by atoms with Gasteiger partial charge in [-0.2, -0.15) is 0 Å². The summed E-state index contributed by atoms with van der Waals surface area (Å²) >= 11 is 5.81. The van der Waals surface area contributed by atoms with Crippen molar-refractivity contribution in [1.82, 2.24) is 9.55 Å². The third kappa shape index (κ3) is 1.30. The van der Waals surface area contributed by atoms with Crippen molar-refractivity contribution in [2.45, 2.75) is 6.92 Å². The van der Waals surface area contributed by atoms with E-state index in [1.807, 2.05) is 0 Å². The number of hydrogen-bond donors (Lipinski definition) is 0. The molecule has 3 nitrogen and oxygen atoms in total. The topological polar surface area (TPSA) is 34.9 Å². The predicted molar refractivity (Wildman–Crippen MR) is 56.7 cm³/mol. The smallest absolute Gasteiger partial charge is 0.261 e. The summed E-state index contributed by atoms with van der Waals surface area (Å²) in [6.07, 6.45) is 0. The Balaban J connectivity index is 2.98. The number of rotatable bonds is 0. The first kappa shape index (κ1) is 9.21. The summed E-state index contributed by atoms with van der Waals surface area (Å²) in [5.41, 5.74) is 0.613. The van der Waals surface area contributed by atoms with Gasteiger partial charge in [0.25, 0.3) is 5.56 Å². The van der Waals surface area contributed by atoms with Gasteiger partial charge >= 0.3 is 0 Å². The van der Waals surface area contributed by atoms with Crippen molar-refractivity contribution in [1.29, 1.82) is 0 Å². The van der Waals surface area contributed by atoms with Gasteiger partial charge in [-0.1, -0.05) is 11.6 Å². The highest BCUT2D eigenvalue weighted by Gasteiger charge is 2.04. The van der Waals surface area contributed by atoms with Gasteiger partial charge in [-0.05, 0) is 25.1 Å². The molecule has 2 aromatic rings. The van der Waals surface area contributed by atoms with Crippen LogP contribution in [-0.4, -0.2) is 9.55 Å². The van der Waals surface area contributed by atoms with Crippen molar-refractivity contribution in [3.05, 3.63) is 39.4 Å². The minimum atomic E-state index is -0.0378. The quantitative estimate of drug-likeness (QED) is 0.663. The molecule has 0 atom stereocenters. The van der Waals surface area contributed by atoms with Crippen LogP contribution in [0.4, 0.5) is 0 Å². The van der Waals surface area contributed by atoms with E-state index < -0.39 is 0 Å². The molecule has 0 saturated carbocycles. The van der Waals surface area contributed by atoms with E-state index in [0.29, 0.717) is 21.7 Å². The van der Waals surface area contributed by atoms with Crippen LogP contribution in [-0.2, 0) is 7.05 Å². The Bertz CT molecular complexity index is 560. The lowest BCUT2D eigenvalue weighted by atomic mass is 10.2. The van der Waals surface area contributed by atoms with E-state index in [0.717, 1.165) is 0 Å². The summed E-state index contributed by atoms with van der Waals surface area (Å²) in [5, 5.41) is 1.19. The molecule has 0 aliphatic heterocycles. The Morgan fingerprint density at radius 3 is 2.86 bits per heavy atom. The van der Waals surface area contributed by atoms with Gasteiger partial charge in [0.2, 0.25) is 0 Å². The summed E-state index contributed by atoms with van der Waals surface area (Å²) in [5.74, 6) is 0.685. The number of benzene rings is 1. The number of halogens is 1. The standard InChI is InChI=1S/C10H9ClN2O/c1-6-12-9-5-7(11)3-4-8(9)10(14)13(6)2/h3-5H,1-2H3. The van der Waals surface area contributed by atoms with E-state index in [4.69, 9.17) is 11.6 Å². The first-order valence-electron chi connectivity index (χ1n) is 4.22. The first-order valence-corrected chi connectivity index (χ1v) is 4.60. The first-order chi connectivity index (χ1) is 6.59. The van der Waals surface area contributed by atoms with Crippen LogP contribution in [0.3, 0.4) is 0 Å². The lowest BCUT2D eigenvalue weighted by molar-refractivity contribution is 0.792. The maximum Gasteiger partial charge on any atom is 0.261 e. The van der Waals surface area contributed by atoms with Gasteiger partial charge in [0.05, 0.1) is 10.9 Å². The van der Waals surface area contributed by atoms with E-state index in [-0.39, 0.29) is 5.56 Å². The van der Waals surface area contributed by atoms with Gasteiger partial charge in [-0.25, -0.2) is 4.98 Å². The SMILES string of the molecule is Cc1nc2cc(Cl)ccc2c(=O)n1C. The van der Waals surface area contributed by atoms with Crippen LogP contribution in [0, 0.1) is 6.92 Å². The largest absolute Gasteiger partial charge is 0.299 e. The van der Waals surface area contributed by atoms with Crippen LogP contribution in [0.25, 0.3) is 10.9 Å². The molecule has 0 aliphatic rings. The van der Waals surface area contributed by atoms with E-state index in [1.165, 1.54) is 4.57 Å². The summed E-state index contributed by atoms with van der Waals surface area (Å²) in [7, 11) is 1.71. The highest BCUT2D eigenvalue weighted by atomic mass is 35.5. The number of aromatic nitrogens is 2. The number of nitrogens with zero attached hydrogens (tertiary/aromatic N) is 2. The fraction of sp³-hybridized carbons (Fsp3) is 0.200. The molecule has 0 amide bonds. The third-order valence-corrected chi connectivity index (χ3v) is 2.50. The molecule has 0 unspecified atom stereocenters. The molecule has 0 spiro atoms. The van der Waals surface area contributed by atoms with Crippen LogP contribution in [0.2, 0.25) is 5.02 Å². The van der Waals surface area contributed by atoms with Gasteiger partial charge in [0.1, 0.15) is 5.82 Å². The zero-order valence-corrected chi connectivity index (χ0v) is 8.67. The molecule has 1 heterocycles. The molecule has 0 N–H and O–H groups in total. The summed E-state index contributed by atoms with van der Waals surface area (Å²) in [4.78, 5) is 16.0. The van der Waals surface area contributed by atoms with Crippen LogP contribution < -0.4 is 5.56 Å². The van der Waals surface area contributed by atoms with Gasteiger partial charge in [-0.3, -0.25) is 9.36 Å². The van der Waals surface area contributed by atoms with Crippen molar-refractivity contribution < 1.29 is 0 Å². The van der Waals surface area contributed by atoms with Crippen molar-refractivity contribution >= 4 is 22.5 Å². The minimum absolute atomic E-state index is 0.0378. The second-order valence-corrected chi connectivity index (χ2v) is 3.62. The molecule has 0 radical (unpaired) electrons. The monoisotopic (exact) mass is 208 g/mol. The van der Waals surface area contributed by atoms with Gasteiger partial charge in [0.15, 0.2) is 0 Å². The maximum absolute atomic E-state index is 11.7. The molecule has 1 aromatic heterocycles. The van der Waals surface area contributed by atoms with Crippen molar-refractivity contribution in [3.8, 4) is 0 Å². The average Bonchev–Trinajstić information content (AvgIpc) is 2.14. The van der Waals surface area contributed by atoms with Crippen LogP contribution in [0.5, 0.6) is 0 Å². The maximum atomic E-state index is 11.7. The van der Waals surface area contributed by atoms with E-state index >= 15 is 0 Å². The molecule has 0 saturated heterocycles. The van der Waals surface area contributed by atoms with Crippen molar-refractivity contribution in [2.24, 2.45) is 7.05 Å². The highest BCUT2D eigenvalue weighted by molar-refractivity contribution is 6.31. The summed E-state index contributed by atoms with van der Waals surface area (Å²) in [6, 6.07) is 5.10. The third-order valence-electron chi connectivity index (χ3n) is 2.26. The molecule has 14 heavy (non-hydrogen) atoms.